The van der Waals surface area contributed by atoms with Crippen LogP contribution in [0.25, 0.3) is 27.8 Å². The zero-order chi connectivity index (χ0) is 22.9. The Morgan fingerprint density at radius 2 is 1.35 bits per heavy atom. The molecule has 0 nitrogen and oxygen atoms in total. The van der Waals surface area contributed by atoms with Gasteiger partial charge in [-0.25, -0.2) is 0 Å². The first kappa shape index (κ1) is 20.1. The Hall–Kier alpha value is -3.29. The SMILES string of the molecule is CSc1ccc(-c2ccc3c(c2)C2(C4=C(C=CC(C)C4)c4ccccc42)c2ccccc2-3)cc1. The zero-order valence-corrected chi connectivity index (χ0v) is 20.3. The van der Waals surface area contributed by atoms with E-state index in [0.717, 1.165) is 6.42 Å². The number of benzene rings is 4. The fourth-order valence-electron chi connectivity index (χ4n) is 6.53. The first-order valence-electron chi connectivity index (χ1n) is 12.1. The maximum atomic E-state index is 2.49. The average Bonchev–Trinajstić information content (AvgIpc) is 3.35. The van der Waals surface area contributed by atoms with Crippen LogP contribution in [0, 0.1) is 5.92 Å². The van der Waals surface area contributed by atoms with Gasteiger partial charge in [-0.3, -0.25) is 0 Å². The molecule has 4 aromatic rings. The summed E-state index contributed by atoms with van der Waals surface area (Å²) in [6.45, 7) is 2.35. The van der Waals surface area contributed by atoms with Gasteiger partial charge in [0.2, 0.25) is 0 Å². The molecule has 1 heteroatoms. The molecule has 0 aromatic heterocycles. The fourth-order valence-corrected chi connectivity index (χ4v) is 6.94. The summed E-state index contributed by atoms with van der Waals surface area (Å²) in [5.74, 6) is 0.545. The summed E-state index contributed by atoms with van der Waals surface area (Å²) in [5.41, 5.74) is 13.9. The predicted molar refractivity (Wildman–Crippen MR) is 145 cm³/mol. The highest BCUT2D eigenvalue weighted by atomic mass is 32.2. The molecule has 1 spiro atoms. The smallest absolute Gasteiger partial charge is 0.0688 e. The van der Waals surface area contributed by atoms with Gasteiger partial charge in [-0.2, -0.15) is 0 Å². The molecule has 0 N–H and O–H groups in total. The topological polar surface area (TPSA) is 0 Å². The van der Waals surface area contributed by atoms with E-state index in [4.69, 9.17) is 0 Å². The largest absolute Gasteiger partial charge is 0.130 e. The highest BCUT2D eigenvalue weighted by molar-refractivity contribution is 7.98. The lowest BCUT2D eigenvalue weighted by molar-refractivity contribution is 0.630. The van der Waals surface area contributed by atoms with Gasteiger partial charge in [0.05, 0.1) is 5.41 Å². The molecule has 2 atom stereocenters. The van der Waals surface area contributed by atoms with E-state index in [0.29, 0.717) is 5.92 Å². The molecule has 0 heterocycles. The lowest BCUT2D eigenvalue weighted by Crippen LogP contribution is -2.28. The molecule has 0 amide bonds. The molecular weight excluding hydrogens is 428 g/mol. The van der Waals surface area contributed by atoms with Crippen molar-refractivity contribution in [2.45, 2.75) is 23.7 Å². The lowest BCUT2D eigenvalue weighted by atomic mass is 9.67. The number of hydrogen-bond acceptors (Lipinski definition) is 1. The second-order valence-corrected chi connectivity index (χ2v) is 10.6. The summed E-state index contributed by atoms with van der Waals surface area (Å²) in [4.78, 5) is 1.30. The van der Waals surface area contributed by atoms with Crippen molar-refractivity contribution in [3.05, 3.63) is 131 Å². The Morgan fingerprint density at radius 1 is 0.706 bits per heavy atom. The molecule has 0 saturated heterocycles. The van der Waals surface area contributed by atoms with Crippen molar-refractivity contribution < 1.29 is 0 Å². The molecule has 3 aliphatic rings. The van der Waals surface area contributed by atoms with Crippen LogP contribution in [-0.2, 0) is 5.41 Å². The van der Waals surface area contributed by atoms with Gasteiger partial charge in [0.15, 0.2) is 0 Å². The van der Waals surface area contributed by atoms with Crippen LogP contribution in [0.1, 0.15) is 35.6 Å². The van der Waals surface area contributed by atoms with E-state index in [1.165, 1.54) is 55.0 Å². The Labute approximate surface area is 206 Å². The van der Waals surface area contributed by atoms with Crippen molar-refractivity contribution >= 4 is 17.3 Å². The van der Waals surface area contributed by atoms with Gasteiger partial charge in [-0.05, 0) is 92.4 Å². The third-order valence-electron chi connectivity index (χ3n) is 7.98. The molecule has 34 heavy (non-hydrogen) atoms. The molecule has 0 bridgehead atoms. The Bertz CT molecular complexity index is 1520. The van der Waals surface area contributed by atoms with E-state index in [-0.39, 0.29) is 5.41 Å². The van der Waals surface area contributed by atoms with E-state index < -0.39 is 0 Å². The molecule has 2 unspecified atom stereocenters. The quantitative estimate of drug-likeness (QED) is 0.273. The summed E-state index contributed by atoms with van der Waals surface area (Å²) in [5, 5.41) is 0. The summed E-state index contributed by atoms with van der Waals surface area (Å²) in [6, 6.07) is 34.4. The van der Waals surface area contributed by atoms with Crippen LogP contribution in [0.15, 0.2) is 114 Å². The number of rotatable bonds is 2. The van der Waals surface area contributed by atoms with Gasteiger partial charge in [0, 0.05) is 4.90 Å². The van der Waals surface area contributed by atoms with Crippen LogP contribution < -0.4 is 0 Å². The molecule has 0 saturated carbocycles. The van der Waals surface area contributed by atoms with Crippen LogP contribution in [0.4, 0.5) is 0 Å². The van der Waals surface area contributed by atoms with Gasteiger partial charge in [0.1, 0.15) is 0 Å². The van der Waals surface area contributed by atoms with Gasteiger partial charge >= 0.3 is 0 Å². The van der Waals surface area contributed by atoms with Gasteiger partial charge in [-0.1, -0.05) is 91.9 Å². The van der Waals surface area contributed by atoms with Crippen molar-refractivity contribution in [3.63, 3.8) is 0 Å². The molecule has 4 aromatic carbocycles. The van der Waals surface area contributed by atoms with Crippen molar-refractivity contribution in [3.8, 4) is 22.3 Å². The maximum Gasteiger partial charge on any atom is 0.0688 e. The van der Waals surface area contributed by atoms with Crippen molar-refractivity contribution in [1.82, 2.24) is 0 Å². The van der Waals surface area contributed by atoms with Crippen molar-refractivity contribution in [1.29, 1.82) is 0 Å². The van der Waals surface area contributed by atoms with E-state index in [9.17, 15) is 0 Å². The van der Waals surface area contributed by atoms with Crippen LogP contribution in [0.3, 0.4) is 0 Å². The minimum absolute atomic E-state index is 0.202. The zero-order valence-electron chi connectivity index (χ0n) is 19.5. The number of thioether (sulfide) groups is 1. The van der Waals surface area contributed by atoms with E-state index in [2.05, 4.69) is 116 Å². The molecular formula is C33H26S. The highest BCUT2D eigenvalue weighted by Gasteiger charge is 2.52. The van der Waals surface area contributed by atoms with Crippen LogP contribution in [0.2, 0.25) is 0 Å². The Balaban J connectivity index is 1.55. The Morgan fingerprint density at radius 3 is 2.12 bits per heavy atom. The lowest BCUT2D eigenvalue weighted by Gasteiger charge is -2.34. The van der Waals surface area contributed by atoms with Gasteiger partial charge in [0.25, 0.3) is 0 Å². The van der Waals surface area contributed by atoms with Crippen molar-refractivity contribution in [2.24, 2.45) is 5.92 Å². The molecule has 0 aliphatic heterocycles. The van der Waals surface area contributed by atoms with E-state index in [1.807, 2.05) is 0 Å². The van der Waals surface area contributed by atoms with Crippen LogP contribution >= 0.6 is 11.8 Å². The van der Waals surface area contributed by atoms with Crippen LogP contribution in [-0.4, -0.2) is 6.26 Å². The van der Waals surface area contributed by atoms with Gasteiger partial charge in [-0.15, -0.1) is 11.8 Å². The normalized spacial score (nSPS) is 21.4. The molecule has 0 radical (unpaired) electrons. The monoisotopic (exact) mass is 454 g/mol. The highest BCUT2D eigenvalue weighted by Crippen LogP contribution is 2.64. The first-order chi connectivity index (χ1) is 16.7. The minimum Gasteiger partial charge on any atom is -0.130 e. The number of fused-ring (bicyclic) bond motifs is 9. The first-order valence-corrected chi connectivity index (χ1v) is 13.3. The van der Waals surface area contributed by atoms with E-state index in [1.54, 1.807) is 17.3 Å². The number of hydrogen-bond donors (Lipinski definition) is 0. The fraction of sp³-hybridized carbons (Fsp3) is 0.152. The third kappa shape index (κ3) is 2.56. The standard InChI is InChI=1S/C33H26S/c1-21-11-17-27-25-7-3-5-9-29(25)33(31(27)19-21)30-10-6-4-8-26(30)28-18-14-23(20-32(28)33)22-12-15-24(34-2)16-13-22/h3-18,20-21H,19H2,1-2H3. The second-order valence-electron chi connectivity index (χ2n) is 9.76. The maximum absolute atomic E-state index is 2.49. The predicted octanol–water partition coefficient (Wildman–Crippen LogP) is 8.75. The summed E-state index contributed by atoms with van der Waals surface area (Å²) < 4.78 is 0. The summed E-state index contributed by atoms with van der Waals surface area (Å²) in [7, 11) is 0. The molecule has 3 aliphatic carbocycles. The van der Waals surface area contributed by atoms with Gasteiger partial charge < -0.3 is 0 Å². The number of allylic oxidation sites excluding steroid dienone is 4. The Kier molecular flexibility index (Phi) is 4.35. The summed E-state index contributed by atoms with van der Waals surface area (Å²) >= 11 is 1.79. The molecule has 164 valence electrons. The molecule has 7 rings (SSSR count). The third-order valence-corrected chi connectivity index (χ3v) is 8.73. The molecule has 0 fully saturated rings. The van der Waals surface area contributed by atoms with Crippen molar-refractivity contribution in [2.75, 3.05) is 6.26 Å². The average molecular weight is 455 g/mol. The van der Waals surface area contributed by atoms with Crippen LogP contribution in [0.5, 0.6) is 0 Å². The summed E-state index contributed by atoms with van der Waals surface area (Å²) in [6.07, 6.45) is 8.01. The van der Waals surface area contributed by atoms with E-state index >= 15 is 0 Å². The second kappa shape index (κ2) is 7.35. The minimum atomic E-state index is -0.202.